The molecule has 0 heterocycles. The lowest BCUT2D eigenvalue weighted by Crippen LogP contribution is -2.24. The molecule has 1 aliphatic rings. The number of benzene rings is 1. The zero-order valence-corrected chi connectivity index (χ0v) is 11.2. The minimum absolute atomic E-state index is 0.104. The lowest BCUT2D eigenvalue weighted by molar-refractivity contribution is -0.384. The Hall–Kier alpha value is -1.62. The summed E-state index contributed by atoms with van der Waals surface area (Å²) in [4.78, 5) is 22.0. The molecular formula is C13H15ClN2O3. The van der Waals surface area contributed by atoms with Gasteiger partial charge in [-0.15, -0.1) is 0 Å². The highest BCUT2D eigenvalue weighted by atomic mass is 35.5. The maximum absolute atomic E-state index is 11.9. The van der Waals surface area contributed by atoms with Crippen molar-refractivity contribution in [3.63, 3.8) is 0 Å². The molecule has 0 bridgehead atoms. The first-order chi connectivity index (χ1) is 9.09. The standard InChI is InChI=1S/C13H15ClN2O3/c14-12-10(4-1-5-11(12)16(18)19)13(17)15-8-2-3-9-6-7-9/h1,4-5,9H,2-3,6-8H2,(H,15,17). The summed E-state index contributed by atoms with van der Waals surface area (Å²) in [5.41, 5.74) is -0.0883. The van der Waals surface area contributed by atoms with Gasteiger partial charge in [-0.3, -0.25) is 14.9 Å². The predicted octanol–water partition coefficient (Wildman–Crippen LogP) is 3.17. The third-order valence-electron chi connectivity index (χ3n) is 3.19. The molecule has 1 fully saturated rings. The highest BCUT2D eigenvalue weighted by Crippen LogP contribution is 2.33. The van der Waals surface area contributed by atoms with Crippen molar-refractivity contribution in [3.05, 3.63) is 38.9 Å². The van der Waals surface area contributed by atoms with Gasteiger partial charge in [-0.1, -0.05) is 30.5 Å². The quantitative estimate of drug-likeness (QED) is 0.495. The highest BCUT2D eigenvalue weighted by Gasteiger charge is 2.21. The van der Waals surface area contributed by atoms with E-state index in [0.29, 0.717) is 6.54 Å². The van der Waals surface area contributed by atoms with Crippen molar-refractivity contribution < 1.29 is 9.72 Å². The summed E-state index contributed by atoms with van der Waals surface area (Å²) < 4.78 is 0. The molecule has 1 aromatic carbocycles. The molecule has 0 aliphatic heterocycles. The van der Waals surface area contributed by atoms with Crippen LogP contribution < -0.4 is 5.32 Å². The van der Waals surface area contributed by atoms with E-state index < -0.39 is 4.92 Å². The fourth-order valence-electron chi connectivity index (χ4n) is 1.93. The van der Waals surface area contributed by atoms with Gasteiger partial charge >= 0.3 is 0 Å². The molecule has 6 heteroatoms. The van der Waals surface area contributed by atoms with Crippen LogP contribution in [0.4, 0.5) is 5.69 Å². The van der Waals surface area contributed by atoms with Gasteiger partial charge in [-0.2, -0.15) is 0 Å². The second-order valence-electron chi connectivity index (χ2n) is 4.74. The van der Waals surface area contributed by atoms with Crippen LogP contribution in [0.2, 0.25) is 5.02 Å². The molecular weight excluding hydrogens is 268 g/mol. The molecule has 1 saturated carbocycles. The summed E-state index contributed by atoms with van der Waals surface area (Å²) in [6, 6.07) is 4.24. The molecule has 0 aromatic heterocycles. The van der Waals surface area contributed by atoms with Gasteiger partial charge in [0, 0.05) is 12.6 Å². The van der Waals surface area contributed by atoms with Gasteiger partial charge < -0.3 is 5.32 Å². The second-order valence-corrected chi connectivity index (χ2v) is 5.12. The number of nitro benzene ring substituents is 1. The Morgan fingerprint density at radius 3 is 2.84 bits per heavy atom. The SMILES string of the molecule is O=C(NCCCC1CC1)c1cccc([N+](=O)[O-])c1Cl. The third kappa shape index (κ3) is 3.67. The molecule has 1 N–H and O–H groups in total. The molecule has 1 aromatic rings. The number of nitrogens with zero attached hydrogens (tertiary/aromatic N) is 1. The van der Waals surface area contributed by atoms with E-state index in [1.54, 1.807) is 0 Å². The average Bonchev–Trinajstić information content (AvgIpc) is 3.18. The number of hydrogen-bond acceptors (Lipinski definition) is 3. The van der Waals surface area contributed by atoms with E-state index >= 15 is 0 Å². The van der Waals surface area contributed by atoms with Crippen molar-refractivity contribution in [2.24, 2.45) is 5.92 Å². The van der Waals surface area contributed by atoms with Crippen molar-refractivity contribution in [1.29, 1.82) is 0 Å². The fraction of sp³-hybridized carbons (Fsp3) is 0.462. The van der Waals surface area contributed by atoms with Gasteiger partial charge in [0.2, 0.25) is 0 Å². The number of amides is 1. The topological polar surface area (TPSA) is 72.2 Å². The van der Waals surface area contributed by atoms with E-state index in [-0.39, 0.29) is 22.2 Å². The lowest BCUT2D eigenvalue weighted by atomic mass is 10.1. The molecule has 2 rings (SSSR count). The summed E-state index contributed by atoms with van der Waals surface area (Å²) in [5, 5.41) is 13.4. The van der Waals surface area contributed by atoms with Gasteiger partial charge in [0.15, 0.2) is 0 Å². The Morgan fingerprint density at radius 2 is 2.21 bits per heavy atom. The lowest BCUT2D eigenvalue weighted by Gasteiger charge is -2.06. The molecule has 19 heavy (non-hydrogen) atoms. The first-order valence-corrected chi connectivity index (χ1v) is 6.68. The minimum atomic E-state index is -0.591. The van der Waals surface area contributed by atoms with E-state index in [1.165, 1.54) is 31.0 Å². The highest BCUT2D eigenvalue weighted by molar-refractivity contribution is 6.35. The van der Waals surface area contributed by atoms with Gasteiger partial charge in [-0.05, 0) is 24.8 Å². The van der Waals surface area contributed by atoms with E-state index in [0.717, 1.165) is 18.8 Å². The largest absolute Gasteiger partial charge is 0.352 e. The number of carbonyl (C=O) groups is 1. The van der Waals surface area contributed by atoms with Crippen LogP contribution in [-0.2, 0) is 0 Å². The molecule has 0 spiro atoms. The van der Waals surface area contributed by atoms with Gasteiger partial charge in [-0.25, -0.2) is 0 Å². The van der Waals surface area contributed by atoms with E-state index in [4.69, 9.17) is 11.6 Å². The molecule has 1 aliphatic carbocycles. The summed E-state index contributed by atoms with van der Waals surface area (Å²) in [6.45, 7) is 0.578. The van der Waals surface area contributed by atoms with Crippen LogP contribution in [0.25, 0.3) is 0 Å². The van der Waals surface area contributed by atoms with Gasteiger partial charge in [0.1, 0.15) is 5.02 Å². The number of nitrogens with one attached hydrogen (secondary N) is 1. The van der Waals surface area contributed by atoms with Crippen LogP contribution in [0.15, 0.2) is 18.2 Å². The van der Waals surface area contributed by atoms with Crippen molar-refractivity contribution in [1.82, 2.24) is 5.32 Å². The van der Waals surface area contributed by atoms with E-state index in [9.17, 15) is 14.9 Å². The summed E-state index contributed by atoms with van der Waals surface area (Å²) in [6.07, 6.45) is 4.65. The molecule has 5 nitrogen and oxygen atoms in total. The molecule has 0 atom stereocenters. The number of halogens is 1. The fourth-order valence-corrected chi connectivity index (χ4v) is 2.21. The normalized spacial score (nSPS) is 14.2. The van der Waals surface area contributed by atoms with Crippen molar-refractivity contribution >= 4 is 23.2 Å². The number of hydrogen-bond donors (Lipinski definition) is 1. The smallest absolute Gasteiger partial charge is 0.288 e. The maximum Gasteiger partial charge on any atom is 0.288 e. The molecule has 102 valence electrons. The van der Waals surface area contributed by atoms with Crippen LogP contribution in [0.5, 0.6) is 0 Å². The first-order valence-electron chi connectivity index (χ1n) is 6.30. The van der Waals surface area contributed by atoms with Crippen LogP contribution in [0, 0.1) is 16.0 Å². The monoisotopic (exact) mass is 282 g/mol. The second kappa shape index (κ2) is 6.02. The number of nitro groups is 1. The Bertz CT molecular complexity index is 501. The maximum atomic E-state index is 11.9. The summed E-state index contributed by atoms with van der Waals surface area (Å²) in [5.74, 6) is 0.475. The van der Waals surface area contributed by atoms with Crippen LogP contribution in [-0.4, -0.2) is 17.4 Å². The minimum Gasteiger partial charge on any atom is -0.352 e. The van der Waals surface area contributed by atoms with Crippen molar-refractivity contribution in [3.8, 4) is 0 Å². The Labute approximate surface area is 116 Å². The zero-order valence-electron chi connectivity index (χ0n) is 10.4. The summed E-state index contributed by atoms with van der Waals surface area (Å²) >= 11 is 5.87. The van der Waals surface area contributed by atoms with Crippen LogP contribution >= 0.6 is 11.6 Å². The molecule has 0 saturated heterocycles. The predicted molar refractivity (Wildman–Crippen MR) is 72.4 cm³/mol. The van der Waals surface area contributed by atoms with Gasteiger partial charge in [0.25, 0.3) is 11.6 Å². The van der Waals surface area contributed by atoms with Crippen molar-refractivity contribution in [2.45, 2.75) is 25.7 Å². The molecule has 1 amide bonds. The van der Waals surface area contributed by atoms with Gasteiger partial charge in [0.05, 0.1) is 10.5 Å². The van der Waals surface area contributed by atoms with Crippen LogP contribution in [0.1, 0.15) is 36.0 Å². The molecule has 0 radical (unpaired) electrons. The average molecular weight is 283 g/mol. The summed E-state index contributed by atoms with van der Waals surface area (Å²) in [7, 11) is 0. The number of carbonyl (C=O) groups excluding carboxylic acids is 1. The van der Waals surface area contributed by atoms with Crippen molar-refractivity contribution in [2.75, 3.05) is 6.54 Å². The number of rotatable bonds is 6. The Kier molecular flexibility index (Phi) is 4.37. The van der Waals surface area contributed by atoms with E-state index in [2.05, 4.69) is 5.32 Å². The Balaban J connectivity index is 1.93. The van der Waals surface area contributed by atoms with E-state index in [1.807, 2.05) is 0 Å². The zero-order chi connectivity index (χ0) is 13.8. The first kappa shape index (κ1) is 13.8. The Morgan fingerprint density at radius 1 is 1.47 bits per heavy atom. The molecule has 0 unspecified atom stereocenters. The van der Waals surface area contributed by atoms with Crippen LogP contribution in [0.3, 0.4) is 0 Å². The third-order valence-corrected chi connectivity index (χ3v) is 3.59.